The van der Waals surface area contributed by atoms with Crippen LogP contribution in [0.4, 0.5) is 0 Å². The first-order valence-corrected chi connectivity index (χ1v) is 8.53. The van der Waals surface area contributed by atoms with E-state index >= 15 is 0 Å². The molecular weight excluding hydrogens is 378 g/mol. The van der Waals surface area contributed by atoms with Crippen molar-refractivity contribution in [3.63, 3.8) is 0 Å². The first-order chi connectivity index (χ1) is 8.54. The Hall–Kier alpha value is 0.363. The van der Waals surface area contributed by atoms with E-state index in [4.69, 9.17) is 0 Å². The third-order valence-electron chi connectivity index (χ3n) is 2.36. The van der Waals surface area contributed by atoms with Crippen LogP contribution in [0.2, 0.25) is 0 Å². The van der Waals surface area contributed by atoms with Crippen molar-refractivity contribution in [2.24, 2.45) is 0 Å². The monoisotopic (exact) mass is 398 g/mol. The molecule has 0 saturated heterocycles. The molecule has 0 N–H and O–H groups in total. The van der Waals surface area contributed by atoms with Gasteiger partial charge in [0.05, 0.1) is 11.2 Å². The molecule has 0 aliphatic carbocycles. The van der Waals surface area contributed by atoms with E-state index < -0.39 is 32.0 Å². The molecule has 0 unspecified atom stereocenters. The Balaban J connectivity index is -0.000000295. The van der Waals surface area contributed by atoms with Gasteiger partial charge in [-0.25, -0.2) is 16.8 Å². The smallest absolute Gasteiger partial charge is 0.726 e. The second kappa shape index (κ2) is 9.49. The minimum absolute atomic E-state index is 0. The topological polar surface area (TPSA) is 133 Å². The van der Waals surface area contributed by atoms with E-state index in [1.54, 1.807) is 41.5 Å². The molecule has 8 nitrogen and oxygen atoms in total. The zero-order valence-corrected chi connectivity index (χ0v) is 17.8. The van der Waals surface area contributed by atoms with Crippen molar-refractivity contribution in [2.45, 2.75) is 65.6 Å². The number of rotatable bonds is 6. The Morgan fingerprint density at radius 2 is 0.952 bits per heavy atom. The first kappa shape index (κ1) is 26.3. The van der Waals surface area contributed by atoms with Crippen LogP contribution in [0.25, 0.3) is 0 Å². The van der Waals surface area contributed by atoms with E-state index in [1.165, 1.54) is 0 Å². The fourth-order valence-corrected chi connectivity index (χ4v) is 2.01. The summed E-state index contributed by atoms with van der Waals surface area (Å²) in [7, 11) is -9.09. The molecule has 0 aromatic rings. The molecule has 0 heterocycles. The summed E-state index contributed by atoms with van der Waals surface area (Å²) in [4.78, 5) is 0. The molecule has 0 atom stereocenters. The quantitative estimate of drug-likeness (QED) is 0.370. The molecule has 0 spiro atoms. The summed E-state index contributed by atoms with van der Waals surface area (Å²) in [6, 6.07) is 0. The molecule has 0 aromatic heterocycles. The molecule has 0 rings (SSSR count). The third-order valence-corrected chi connectivity index (χ3v) is 3.67. The fourth-order valence-electron chi connectivity index (χ4n) is 0.670. The Labute approximate surface area is 140 Å². The van der Waals surface area contributed by atoms with Crippen molar-refractivity contribution in [1.82, 2.24) is 0 Å². The van der Waals surface area contributed by atoms with E-state index in [0.717, 1.165) is 0 Å². The zero-order valence-electron chi connectivity index (χ0n) is 13.2. The average Bonchev–Trinajstić information content (AvgIpc) is 2.11. The Bertz CT molecular complexity index is 435. The van der Waals surface area contributed by atoms with E-state index in [9.17, 15) is 25.9 Å². The van der Waals surface area contributed by atoms with Crippen molar-refractivity contribution in [1.29, 1.82) is 0 Å². The molecule has 0 aromatic carbocycles. The van der Waals surface area contributed by atoms with Gasteiger partial charge in [0.1, 0.15) is 0 Å². The van der Waals surface area contributed by atoms with Gasteiger partial charge in [-0.15, -0.1) is 0 Å². The molecule has 11 heteroatoms. The van der Waals surface area contributed by atoms with Crippen molar-refractivity contribution >= 4 is 20.8 Å². The largest absolute Gasteiger partial charge is 2.00 e. The van der Waals surface area contributed by atoms with Crippen molar-refractivity contribution in [3.05, 3.63) is 0 Å². The van der Waals surface area contributed by atoms with Crippen molar-refractivity contribution < 1.29 is 53.8 Å². The molecular formula is C10H22O8S2Zn. The van der Waals surface area contributed by atoms with Gasteiger partial charge in [0.25, 0.3) is 0 Å². The second-order valence-electron chi connectivity index (χ2n) is 5.21. The Morgan fingerprint density at radius 3 is 1.00 bits per heavy atom. The van der Waals surface area contributed by atoms with Crippen LogP contribution in [0.5, 0.6) is 0 Å². The zero-order chi connectivity index (χ0) is 16.8. The van der Waals surface area contributed by atoms with Gasteiger partial charge in [0.15, 0.2) is 0 Å². The molecule has 21 heavy (non-hydrogen) atoms. The summed E-state index contributed by atoms with van der Waals surface area (Å²) in [5, 5.41) is 0. The molecule has 0 aliphatic heterocycles. The molecule has 0 bridgehead atoms. The van der Waals surface area contributed by atoms with Gasteiger partial charge in [0, 0.05) is 0 Å². The summed E-state index contributed by atoms with van der Waals surface area (Å²) >= 11 is 0. The van der Waals surface area contributed by atoms with Crippen LogP contribution in [0.3, 0.4) is 0 Å². The van der Waals surface area contributed by atoms with Gasteiger partial charge >= 0.3 is 19.5 Å². The van der Waals surface area contributed by atoms with Crippen LogP contribution >= 0.6 is 0 Å². The summed E-state index contributed by atoms with van der Waals surface area (Å²) in [5.41, 5.74) is -1.75. The minimum Gasteiger partial charge on any atom is -0.726 e. The fraction of sp³-hybridized carbons (Fsp3) is 1.00. The maximum Gasteiger partial charge on any atom is 2.00 e. The van der Waals surface area contributed by atoms with Crippen LogP contribution in [0.1, 0.15) is 54.4 Å². The molecule has 0 radical (unpaired) electrons. The standard InChI is InChI=1S/2C5H12O4S.Zn/c2*1-4-5(2,3)9-10(6,7)8;/h2*4H2,1-3H3,(H,6,7,8);/q;;+2/p-2. The molecule has 124 valence electrons. The summed E-state index contributed by atoms with van der Waals surface area (Å²) < 4.78 is 68.5. The SMILES string of the molecule is CCC(C)(C)OS(=O)(=O)[O-].CCC(C)(C)OS(=O)(=O)[O-].[Zn+2]. The summed E-state index contributed by atoms with van der Waals surface area (Å²) in [6.45, 7) is 9.66. The molecule has 0 saturated carbocycles. The normalized spacial score (nSPS) is 13.0. The predicted molar refractivity (Wildman–Crippen MR) is 70.3 cm³/mol. The Kier molecular flexibility index (Phi) is 11.9. The van der Waals surface area contributed by atoms with Crippen LogP contribution in [0.15, 0.2) is 0 Å². The van der Waals surface area contributed by atoms with Crippen LogP contribution in [-0.2, 0) is 48.6 Å². The van der Waals surface area contributed by atoms with Crippen LogP contribution in [0, 0.1) is 0 Å². The van der Waals surface area contributed by atoms with E-state index in [0.29, 0.717) is 12.8 Å². The van der Waals surface area contributed by atoms with Crippen molar-refractivity contribution in [2.75, 3.05) is 0 Å². The average molecular weight is 400 g/mol. The van der Waals surface area contributed by atoms with Crippen LogP contribution < -0.4 is 0 Å². The summed E-state index contributed by atoms with van der Waals surface area (Å²) in [5.74, 6) is 0. The van der Waals surface area contributed by atoms with Gasteiger partial charge in [-0.05, 0) is 40.5 Å². The Morgan fingerprint density at radius 1 is 0.762 bits per heavy atom. The maximum atomic E-state index is 10.0. The molecule has 0 fully saturated rings. The number of hydrogen-bond acceptors (Lipinski definition) is 8. The molecule has 0 aliphatic rings. The maximum absolute atomic E-state index is 10.0. The van der Waals surface area contributed by atoms with Gasteiger partial charge < -0.3 is 9.11 Å². The predicted octanol–water partition coefficient (Wildman–Crippen LogP) is 1.30. The van der Waals surface area contributed by atoms with E-state index in [1.807, 2.05) is 0 Å². The van der Waals surface area contributed by atoms with Gasteiger partial charge in [0.2, 0.25) is 20.8 Å². The van der Waals surface area contributed by atoms with Crippen LogP contribution in [-0.4, -0.2) is 37.1 Å². The van der Waals surface area contributed by atoms with Gasteiger partial charge in [-0.3, -0.25) is 8.37 Å². The van der Waals surface area contributed by atoms with E-state index in [-0.39, 0.29) is 19.5 Å². The van der Waals surface area contributed by atoms with Gasteiger partial charge in [-0.2, -0.15) is 0 Å². The second-order valence-corrected chi connectivity index (χ2v) is 7.18. The van der Waals surface area contributed by atoms with E-state index in [2.05, 4.69) is 8.37 Å². The molecule has 0 amide bonds. The minimum atomic E-state index is -4.54. The summed E-state index contributed by atoms with van der Waals surface area (Å²) in [6.07, 6.45) is 0.961. The third kappa shape index (κ3) is 20.4. The number of hydrogen-bond donors (Lipinski definition) is 0. The first-order valence-electron chi connectivity index (χ1n) is 5.86. The van der Waals surface area contributed by atoms with Gasteiger partial charge in [-0.1, -0.05) is 13.8 Å². The van der Waals surface area contributed by atoms with Crippen molar-refractivity contribution in [3.8, 4) is 0 Å².